The van der Waals surface area contributed by atoms with Gasteiger partial charge in [0.15, 0.2) is 0 Å². The van der Waals surface area contributed by atoms with Crippen LogP contribution < -0.4 is 15.4 Å². The van der Waals surface area contributed by atoms with Gasteiger partial charge in [0.2, 0.25) is 0 Å². The minimum atomic E-state index is -0.268. The van der Waals surface area contributed by atoms with Crippen molar-refractivity contribution < 1.29 is 9.53 Å². The molecule has 0 radical (unpaired) electrons. The minimum Gasteiger partial charge on any atom is -0.496 e. The van der Waals surface area contributed by atoms with Crippen molar-refractivity contribution in [2.75, 3.05) is 19.0 Å². The number of aromatic nitrogens is 3. The lowest BCUT2D eigenvalue weighted by Gasteiger charge is -2.10. The molecule has 0 spiro atoms. The number of ether oxygens (including phenoxy) is 1. The number of para-hydroxylation sites is 2. The smallest absolute Gasteiger partial charge is 0.271 e. The molecule has 4 aromatic rings. The number of fused-ring (bicyclic) bond motifs is 1. The fraction of sp³-hybridized carbons (Fsp3) is 0.130. The summed E-state index contributed by atoms with van der Waals surface area (Å²) in [6, 6.07) is 17.5. The Morgan fingerprint density at radius 2 is 1.83 bits per heavy atom. The lowest BCUT2D eigenvalue weighted by molar-refractivity contribution is 0.0948. The molecule has 0 bridgehead atoms. The Kier molecular flexibility index (Phi) is 5.80. The Hall–Kier alpha value is -4.00. The van der Waals surface area contributed by atoms with Crippen LogP contribution >= 0.6 is 0 Å². The quantitative estimate of drug-likeness (QED) is 0.492. The average Bonchev–Trinajstić information content (AvgIpc) is 2.80. The van der Waals surface area contributed by atoms with Crippen LogP contribution in [0.2, 0.25) is 0 Å². The van der Waals surface area contributed by atoms with Gasteiger partial charge in [-0.15, -0.1) is 0 Å². The maximum absolute atomic E-state index is 12.4. The molecular formula is C23H21N5O2. The van der Waals surface area contributed by atoms with Gasteiger partial charge in [0.05, 0.1) is 30.7 Å². The van der Waals surface area contributed by atoms with Gasteiger partial charge >= 0.3 is 0 Å². The monoisotopic (exact) mass is 399 g/mol. The van der Waals surface area contributed by atoms with E-state index in [9.17, 15) is 4.79 Å². The predicted octanol–water partition coefficient (Wildman–Crippen LogP) is 3.75. The van der Waals surface area contributed by atoms with E-state index in [2.05, 4.69) is 25.6 Å². The predicted molar refractivity (Wildman–Crippen MR) is 116 cm³/mol. The summed E-state index contributed by atoms with van der Waals surface area (Å²) in [6.45, 7) is 0.475. The van der Waals surface area contributed by atoms with Crippen LogP contribution in [0, 0.1) is 0 Å². The van der Waals surface area contributed by atoms with Crippen LogP contribution in [0.1, 0.15) is 16.1 Å². The first-order chi connectivity index (χ1) is 14.7. The van der Waals surface area contributed by atoms with Crippen molar-refractivity contribution >= 4 is 28.3 Å². The van der Waals surface area contributed by atoms with Crippen molar-refractivity contribution in [1.29, 1.82) is 0 Å². The highest BCUT2D eigenvalue weighted by Crippen LogP contribution is 2.23. The molecule has 0 aliphatic heterocycles. The standard InChI is InChI=1S/C23H21N5O2/c1-30-20-10-3-2-6-16(20)11-13-25-23(29)19-14-27-21(15-26-19)28-18-9-4-7-17-8-5-12-24-22(17)18/h2-10,12,14-15H,11,13H2,1H3,(H,25,29)(H,27,28). The molecule has 2 aromatic carbocycles. The van der Waals surface area contributed by atoms with E-state index in [1.54, 1.807) is 13.3 Å². The highest BCUT2D eigenvalue weighted by Gasteiger charge is 2.09. The number of rotatable bonds is 7. The van der Waals surface area contributed by atoms with Crippen molar-refractivity contribution in [2.24, 2.45) is 0 Å². The molecule has 7 heteroatoms. The summed E-state index contributed by atoms with van der Waals surface area (Å²) in [5.41, 5.74) is 2.97. The molecule has 0 unspecified atom stereocenters. The molecule has 2 aromatic heterocycles. The second-order valence-corrected chi connectivity index (χ2v) is 6.61. The van der Waals surface area contributed by atoms with Gasteiger partial charge in [0, 0.05) is 18.1 Å². The summed E-state index contributed by atoms with van der Waals surface area (Å²) >= 11 is 0. The largest absolute Gasteiger partial charge is 0.496 e. The lowest BCUT2D eigenvalue weighted by atomic mass is 10.1. The van der Waals surface area contributed by atoms with Crippen molar-refractivity contribution in [1.82, 2.24) is 20.3 Å². The van der Waals surface area contributed by atoms with Crippen LogP contribution in [0.5, 0.6) is 5.75 Å². The number of anilines is 2. The molecule has 2 N–H and O–H groups in total. The summed E-state index contributed by atoms with van der Waals surface area (Å²) in [7, 11) is 1.64. The molecule has 150 valence electrons. The molecule has 0 saturated heterocycles. The fourth-order valence-corrected chi connectivity index (χ4v) is 3.16. The van der Waals surface area contributed by atoms with Crippen LogP contribution in [0.3, 0.4) is 0 Å². The van der Waals surface area contributed by atoms with E-state index in [0.717, 1.165) is 27.9 Å². The zero-order chi connectivity index (χ0) is 20.8. The van der Waals surface area contributed by atoms with Gasteiger partial charge in [-0.1, -0.05) is 36.4 Å². The second kappa shape index (κ2) is 9.00. The Labute approximate surface area is 174 Å². The van der Waals surface area contributed by atoms with Gasteiger partial charge in [0.1, 0.15) is 17.3 Å². The number of hydrogen-bond acceptors (Lipinski definition) is 6. The van der Waals surface area contributed by atoms with Gasteiger partial charge < -0.3 is 15.4 Å². The van der Waals surface area contributed by atoms with Crippen molar-refractivity contribution in [3.05, 3.63) is 84.4 Å². The number of carbonyl (C=O) groups is 1. The second-order valence-electron chi connectivity index (χ2n) is 6.61. The van der Waals surface area contributed by atoms with E-state index < -0.39 is 0 Å². The van der Waals surface area contributed by atoms with E-state index >= 15 is 0 Å². The molecule has 30 heavy (non-hydrogen) atoms. The van der Waals surface area contributed by atoms with Crippen molar-refractivity contribution in [3.8, 4) is 5.75 Å². The van der Waals surface area contributed by atoms with Gasteiger partial charge in [-0.25, -0.2) is 9.97 Å². The normalized spacial score (nSPS) is 10.6. The third-order valence-electron chi connectivity index (χ3n) is 4.65. The Balaban J connectivity index is 1.37. The highest BCUT2D eigenvalue weighted by atomic mass is 16.5. The Morgan fingerprint density at radius 1 is 0.967 bits per heavy atom. The fourth-order valence-electron chi connectivity index (χ4n) is 3.16. The number of benzene rings is 2. The van der Waals surface area contributed by atoms with Crippen molar-refractivity contribution in [2.45, 2.75) is 6.42 Å². The Morgan fingerprint density at radius 3 is 2.67 bits per heavy atom. The number of carbonyl (C=O) groups excluding carboxylic acids is 1. The van der Waals surface area contributed by atoms with E-state index in [4.69, 9.17) is 4.74 Å². The average molecular weight is 399 g/mol. The number of pyridine rings is 1. The minimum absolute atomic E-state index is 0.261. The van der Waals surface area contributed by atoms with E-state index in [1.165, 1.54) is 12.4 Å². The third kappa shape index (κ3) is 4.35. The summed E-state index contributed by atoms with van der Waals surface area (Å²) in [5, 5.41) is 7.10. The van der Waals surface area contributed by atoms with Crippen LogP contribution in [0.4, 0.5) is 11.5 Å². The molecular weight excluding hydrogens is 378 g/mol. The van der Waals surface area contributed by atoms with Gasteiger partial charge in [-0.2, -0.15) is 0 Å². The maximum atomic E-state index is 12.4. The number of amides is 1. The van der Waals surface area contributed by atoms with Crippen LogP contribution in [0.15, 0.2) is 73.2 Å². The molecule has 0 saturated carbocycles. The third-order valence-corrected chi connectivity index (χ3v) is 4.65. The molecule has 2 heterocycles. The van der Waals surface area contributed by atoms with Crippen molar-refractivity contribution in [3.63, 3.8) is 0 Å². The highest BCUT2D eigenvalue weighted by molar-refractivity contribution is 5.93. The summed E-state index contributed by atoms with van der Waals surface area (Å²) < 4.78 is 5.33. The molecule has 7 nitrogen and oxygen atoms in total. The van der Waals surface area contributed by atoms with E-state index in [0.29, 0.717) is 18.8 Å². The first-order valence-electron chi connectivity index (χ1n) is 9.57. The van der Waals surface area contributed by atoms with E-state index in [1.807, 2.05) is 54.6 Å². The Bertz CT molecular complexity index is 1160. The maximum Gasteiger partial charge on any atom is 0.271 e. The number of hydrogen-bond donors (Lipinski definition) is 2. The van der Waals surface area contributed by atoms with E-state index in [-0.39, 0.29) is 11.6 Å². The van der Waals surface area contributed by atoms with Crippen LogP contribution in [-0.4, -0.2) is 34.5 Å². The zero-order valence-electron chi connectivity index (χ0n) is 16.5. The van der Waals surface area contributed by atoms with Gasteiger partial charge in [-0.3, -0.25) is 9.78 Å². The molecule has 0 atom stereocenters. The first-order valence-corrected chi connectivity index (χ1v) is 9.57. The van der Waals surface area contributed by atoms with Crippen LogP contribution in [-0.2, 0) is 6.42 Å². The number of nitrogens with zero attached hydrogens (tertiary/aromatic N) is 3. The zero-order valence-corrected chi connectivity index (χ0v) is 16.5. The molecule has 0 aliphatic carbocycles. The molecule has 4 rings (SSSR count). The van der Waals surface area contributed by atoms with Crippen LogP contribution in [0.25, 0.3) is 10.9 Å². The summed E-state index contributed by atoms with van der Waals surface area (Å²) in [5.74, 6) is 1.08. The first kappa shape index (κ1) is 19.3. The number of nitrogens with one attached hydrogen (secondary N) is 2. The molecule has 0 aliphatic rings. The lowest BCUT2D eigenvalue weighted by Crippen LogP contribution is -2.26. The molecule has 0 fully saturated rings. The SMILES string of the molecule is COc1ccccc1CCNC(=O)c1cnc(Nc2cccc3cccnc23)cn1. The summed E-state index contributed by atoms with van der Waals surface area (Å²) in [4.78, 5) is 25.3. The van der Waals surface area contributed by atoms with Gasteiger partial charge in [-0.05, 0) is 30.2 Å². The summed E-state index contributed by atoms with van der Waals surface area (Å²) in [6.07, 6.45) is 5.41. The molecule has 1 amide bonds. The van der Waals surface area contributed by atoms with Gasteiger partial charge in [0.25, 0.3) is 5.91 Å². The number of methoxy groups -OCH3 is 1. The topological polar surface area (TPSA) is 89.0 Å².